The summed E-state index contributed by atoms with van der Waals surface area (Å²) in [4.78, 5) is 4.55. The average Bonchev–Trinajstić information content (AvgIpc) is 3.31. The Morgan fingerprint density at radius 1 is 1.04 bits per heavy atom. The molecule has 7 nitrogen and oxygen atoms in total. The Balaban J connectivity index is 1.57. The van der Waals surface area contributed by atoms with Gasteiger partial charge in [-0.3, -0.25) is 4.72 Å². The Morgan fingerprint density at radius 2 is 1.79 bits per heavy atom. The molecular weight excluding hydrogens is 378 g/mol. The fourth-order valence-electron chi connectivity index (χ4n) is 3.40. The second-order valence-electron chi connectivity index (χ2n) is 6.51. The van der Waals surface area contributed by atoms with Crippen molar-refractivity contribution in [2.45, 2.75) is 24.3 Å². The molecule has 28 heavy (non-hydrogen) atoms. The van der Waals surface area contributed by atoms with Crippen molar-refractivity contribution in [2.24, 2.45) is 0 Å². The summed E-state index contributed by atoms with van der Waals surface area (Å²) in [7, 11) is -0.783. The van der Waals surface area contributed by atoms with Crippen LogP contribution in [0.2, 0.25) is 0 Å². The summed E-state index contributed by atoms with van der Waals surface area (Å²) in [5.74, 6) is 1.93. The van der Waals surface area contributed by atoms with Crippen LogP contribution in [0, 0.1) is 0 Å². The molecule has 0 fully saturated rings. The summed E-state index contributed by atoms with van der Waals surface area (Å²) in [5.41, 5.74) is 2.55. The van der Waals surface area contributed by atoms with Gasteiger partial charge < -0.3 is 14.0 Å². The van der Waals surface area contributed by atoms with Crippen LogP contribution in [-0.2, 0) is 23.0 Å². The largest absolute Gasteiger partial charge is 0.493 e. The molecule has 0 atom stereocenters. The van der Waals surface area contributed by atoms with E-state index in [1.54, 1.807) is 18.2 Å². The lowest BCUT2D eigenvalue weighted by molar-refractivity contribution is 0.354. The molecule has 4 rings (SSSR count). The van der Waals surface area contributed by atoms with Crippen LogP contribution in [0.3, 0.4) is 0 Å². The van der Waals surface area contributed by atoms with Gasteiger partial charge in [-0.25, -0.2) is 13.4 Å². The Morgan fingerprint density at radius 3 is 2.50 bits per heavy atom. The third-order valence-corrected chi connectivity index (χ3v) is 6.20. The lowest BCUT2D eigenvalue weighted by Gasteiger charge is -2.12. The van der Waals surface area contributed by atoms with E-state index in [1.165, 1.54) is 26.4 Å². The predicted molar refractivity (Wildman–Crippen MR) is 106 cm³/mol. The lowest BCUT2D eigenvalue weighted by Crippen LogP contribution is -2.13. The Bertz CT molecular complexity index is 1100. The monoisotopic (exact) mass is 399 g/mol. The van der Waals surface area contributed by atoms with E-state index in [9.17, 15) is 8.42 Å². The van der Waals surface area contributed by atoms with Crippen molar-refractivity contribution in [1.82, 2.24) is 9.55 Å². The number of imidazole rings is 1. The highest BCUT2D eigenvalue weighted by Gasteiger charge is 2.19. The van der Waals surface area contributed by atoms with Crippen molar-refractivity contribution in [2.75, 3.05) is 18.9 Å². The number of nitrogens with one attached hydrogen (secondary N) is 1. The van der Waals surface area contributed by atoms with E-state index in [-0.39, 0.29) is 4.90 Å². The number of hydrogen-bond donors (Lipinski definition) is 1. The van der Waals surface area contributed by atoms with E-state index in [0.717, 1.165) is 36.5 Å². The summed E-state index contributed by atoms with van der Waals surface area (Å²) in [5, 5.41) is 0. The average molecular weight is 399 g/mol. The number of aromatic nitrogens is 2. The topological polar surface area (TPSA) is 82.5 Å². The van der Waals surface area contributed by atoms with E-state index in [1.807, 2.05) is 18.3 Å². The van der Waals surface area contributed by atoms with Gasteiger partial charge in [-0.05, 0) is 36.2 Å². The summed E-state index contributed by atoms with van der Waals surface area (Å²) in [6.07, 6.45) is 3.99. The molecule has 146 valence electrons. The molecule has 0 amide bonds. The highest BCUT2D eigenvalue weighted by molar-refractivity contribution is 7.92. The minimum absolute atomic E-state index is 0.0998. The first-order valence-electron chi connectivity index (χ1n) is 8.91. The van der Waals surface area contributed by atoms with Crippen LogP contribution in [-0.4, -0.2) is 32.2 Å². The first kappa shape index (κ1) is 18.4. The molecule has 2 aromatic carbocycles. The molecule has 0 aliphatic carbocycles. The normalized spacial score (nSPS) is 13.2. The van der Waals surface area contributed by atoms with Gasteiger partial charge in [0.25, 0.3) is 10.0 Å². The van der Waals surface area contributed by atoms with Gasteiger partial charge in [0.05, 0.1) is 31.0 Å². The molecule has 0 bridgehead atoms. The van der Waals surface area contributed by atoms with Gasteiger partial charge in [0.2, 0.25) is 0 Å². The van der Waals surface area contributed by atoms with Gasteiger partial charge in [0, 0.05) is 24.7 Å². The molecule has 0 saturated carbocycles. The zero-order valence-corrected chi connectivity index (χ0v) is 16.5. The highest BCUT2D eigenvalue weighted by atomic mass is 32.2. The van der Waals surface area contributed by atoms with Gasteiger partial charge in [-0.1, -0.05) is 12.1 Å². The summed E-state index contributed by atoms with van der Waals surface area (Å²) in [6, 6.07) is 11.8. The maximum absolute atomic E-state index is 12.7. The molecule has 1 N–H and O–H groups in total. The third kappa shape index (κ3) is 3.31. The van der Waals surface area contributed by atoms with Gasteiger partial charge in [0.1, 0.15) is 5.82 Å². The van der Waals surface area contributed by atoms with Crippen molar-refractivity contribution in [3.05, 3.63) is 54.5 Å². The quantitative estimate of drug-likeness (QED) is 0.688. The van der Waals surface area contributed by atoms with Crippen molar-refractivity contribution in [3.63, 3.8) is 0 Å². The van der Waals surface area contributed by atoms with E-state index in [0.29, 0.717) is 17.2 Å². The smallest absolute Gasteiger partial charge is 0.262 e. The van der Waals surface area contributed by atoms with Crippen LogP contribution in [0.25, 0.3) is 11.3 Å². The van der Waals surface area contributed by atoms with Crippen molar-refractivity contribution < 1.29 is 17.9 Å². The first-order chi connectivity index (χ1) is 13.5. The fraction of sp³-hybridized carbons (Fsp3) is 0.250. The number of sulfonamides is 1. The van der Waals surface area contributed by atoms with Crippen LogP contribution in [0.1, 0.15) is 12.2 Å². The SMILES string of the molecule is COc1ccc(S(=O)(=O)Nc2ccc(-c3cnc4n3CCC4)cc2)cc1OC. The zero-order chi connectivity index (χ0) is 19.7. The summed E-state index contributed by atoms with van der Waals surface area (Å²) >= 11 is 0. The molecule has 3 aromatic rings. The third-order valence-electron chi connectivity index (χ3n) is 4.82. The molecule has 1 aliphatic heterocycles. The van der Waals surface area contributed by atoms with E-state index >= 15 is 0 Å². The molecular formula is C20H21N3O4S. The second kappa shape index (κ2) is 7.20. The standard InChI is InChI=1S/C20H21N3O4S/c1-26-18-10-9-16(12-19(18)27-2)28(24,25)22-15-7-5-14(6-8-15)17-13-21-20-4-3-11-23(17)20/h5-10,12-13,22H,3-4,11H2,1-2H3. The number of nitrogens with zero attached hydrogens (tertiary/aromatic N) is 2. The Hall–Kier alpha value is -3.00. The van der Waals surface area contributed by atoms with Gasteiger partial charge in [-0.2, -0.15) is 0 Å². The predicted octanol–water partition coefficient (Wildman–Crippen LogP) is 3.31. The van der Waals surface area contributed by atoms with Crippen LogP contribution in [0.5, 0.6) is 11.5 Å². The molecule has 0 radical (unpaired) electrons. The van der Waals surface area contributed by atoms with Crippen molar-refractivity contribution in [3.8, 4) is 22.8 Å². The number of benzene rings is 2. The molecule has 0 saturated heterocycles. The fourth-order valence-corrected chi connectivity index (χ4v) is 4.47. The molecule has 1 aromatic heterocycles. The summed E-state index contributed by atoms with van der Waals surface area (Å²) in [6.45, 7) is 0.971. The Labute approximate surface area is 164 Å². The van der Waals surface area contributed by atoms with Gasteiger partial charge in [-0.15, -0.1) is 0 Å². The number of anilines is 1. The number of ether oxygens (including phenoxy) is 2. The maximum atomic E-state index is 12.7. The number of fused-ring (bicyclic) bond motifs is 1. The molecule has 8 heteroatoms. The Kier molecular flexibility index (Phi) is 4.72. The van der Waals surface area contributed by atoms with Gasteiger partial charge >= 0.3 is 0 Å². The second-order valence-corrected chi connectivity index (χ2v) is 8.20. The molecule has 0 spiro atoms. The number of aryl methyl sites for hydroxylation is 1. The van der Waals surface area contributed by atoms with Gasteiger partial charge in [0.15, 0.2) is 11.5 Å². The van der Waals surface area contributed by atoms with E-state index in [2.05, 4.69) is 14.3 Å². The van der Waals surface area contributed by atoms with Crippen molar-refractivity contribution >= 4 is 15.7 Å². The lowest BCUT2D eigenvalue weighted by atomic mass is 10.1. The summed E-state index contributed by atoms with van der Waals surface area (Å²) < 4.78 is 40.6. The first-order valence-corrected chi connectivity index (χ1v) is 10.4. The number of hydrogen-bond acceptors (Lipinski definition) is 5. The van der Waals surface area contributed by atoms with Crippen LogP contribution in [0.15, 0.2) is 53.6 Å². The number of methoxy groups -OCH3 is 2. The van der Waals surface area contributed by atoms with Crippen molar-refractivity contribution in [1.29, 1.82) is 0 Å². The maximum Gasteiger partial charge on any atom is 0.262 e. The zero-order valence-electron chi connectivity index (χ0n) is 15.7. The molecule has 0 unspecified atom stereocenters. The van der Waals surface area contributed by atoms with Crippen LogP contribution >= 0.6 is 0 Å². The minimum Gasteiger partial charge on any atom is -0.493 e. The number of rotatable bonds is 6. The minimum atomic E-state index is -3.75. The van der Waals surface area contributed by atoms with E-state index in [4.69, 9.17) is 9.47 Å². The molecule has 2 heterocycles. The van der Waals surface area contributed by atoms with E-state index < -0.39 is 10.0 Å². The molecule has 1 aliphatic rings. The highest BCUT2D eigenvalue weighted by Crippen LogP contribution is 2.31. The van der Waals surface area contributed by atoms with Crippen LogP contribution in [0.4, 0.5) is 5.69 Å². The van der Waals surface area contributed by atoms with Crippen LogP contribution < -0.4 is 14.2 Å².